The second kappa shape index (κ2) is 18.6. The van der Waals surface area contributed by atoms with Crippen LogP contribution >= 0.6 is 34.9 Å². The van der Waals surface area contributed by atoms with Gasteiger partial charge in [-0.1, -0.05) is 108 Å². The zero-order valence-corrected chi connectivity index (χ0v) is 35.9. The van der Waals surface area contributed by atoms with Crippen LogP contribution in [0.25, 0.3) is 0 Å². The van der Waals surface area contributed by atoms with Gasteiger partial charge in [0.2, 0.25) is 22.3 Å². The van der Waals surface area contributed by atoms with Gasteiger partial charge in [-0.2, -0.15) is 9.36 Å². The van der Waals surface area contributed by atoms with Gasteiger partial charge in [0.15, 0.2) is 0 Å². The summed E-state index contributed by atoms with van der Waals surface area (Å²) >= 11 is 8.41. The zero-order valence-electron chi connectivity index (χ0n) is 33.5. The summed E-state index contributed by atoms with van der Waals surface area (Å²) < 4.78 is 20.6. The molecule has 3 heterocycles. The van der Waals surface area contributed by atoms with Crippen LogP contribution in [0.2, 0.25) is 0 Å². The Kier molecular flexibility index (Phi) is 13.1. The number of rotatable bonds is 14. The van der Waals surface area contributed by atoms with Gasteiger partial charge < -0.3 is 24.4 Å². The standard InChI is InChI=1S/C44H41ClN6O8S2/c1-43(2,3)58-42(55)48-41-47-36(50-61-41)33(49-59-44(29-14-8-5-9-15-29,30-16-10-6-11-17-30)31-18-12-7-13-19-31)37(52)46-34-38(53)51-35(28(24-45)26-60-39(34)51)40(54)57-25-27-20-22-32(56-4)23-21-27/h5-23,34,39H,24-26H2,1-4H3,(H,46,52)(H,47,48,50,55)/t34-,39+/m1/s1. The molecule has 2 N–H and O–H groups in total. The molecule has 7 rings (SSSR count). The second-order valence-corrected chi connectivity index (χ2v) is 16.9. The van der Waals surface area contributed by atoms with E-state index in [0.29, 0.717) is 39.3 Å². The van der Waals surface area contributed by atoms with E-state index < -0.39 is 46.5 Å². The van der Waals surface area contributed by atoms with Crippen LogP contribution in [0.5, 0.6) is 5.75 Å². The summed E-state index contributed by atoms with van der Waals surface area (Å²) in [4.78, 5) is 67.1. The summed E-state index contributed by atoms with van der Waals surface area (Å²) in [7, 11) is 1.56. The normalized spacial score (nSPS) is 16.5. The fourth-order valence-electron chi connectivity index (χ4n) is 6.66. The molecule has 5 aromatic rings. The summed E-state index contributed by atoms with van der Waals surface area (Å²) in [6, 6.07) is 34.2. The fourth-order valence-corrected chi connectivity index (χ4v) is 8.89. The Labute approximate surface area is 365 Å². The summed E-state index contributed by atoms with van der Waals surface area (Å²) in [5.74, 6) is -1.37. The fraction of sp³-hybridized carbons (Fsp3) is 0.250. The van der Waals surface area contributed by atoms with Crippen molar-refractivity contribution in [3.63, 3.8) is 0 Å². The Morgan fingerprint density at radius 1 is 0.885 bits per heavy atom. The number of benzene rings is 4. The van der Waals surface area contributed by atoms with Gasteiger partial charge in [-0.05, 0) is 44.0 Å². The van der Waals surface area contributed by atoms with Gasteiger partial charge in [-0.25, -0.2) is 9.59 Å². The number of alkyl halides is 1. The van der Waals surface area contributed by atoms with E-state index in [1.807, 2.05) is 91.0 Å². The molecular weight excluding hydrogens is 840 g/mol. The van der Waals surface area contributed by atoms with E-state index in [9.17, 15) is 19.2 Å². The van der Waals surface area contributed by atoms with Gasteiger partial charge >= 0.3 is 12.1 Å². The molecule has 2 aliphatic rings. The molecule has 4 aromatic carbocycles. The number of hydrogen-bond acceptors (Lipinski definition) is 13. The van der Waals surface area contributed by atoms with Crippen LogP contribution in [0.15, 0.2) is 132 Å². The van der Waals surface area contributed by atoms with Gasteiger partial charge in [0.05, 0.1) is 7.11 Å². The number of ether oxygens (including phenoxy) is 3. The number of oxime groups is 1. The molecule has 61 heavy (non-hydrogen) atoms. The van der Waals surface area contributed by atoms with Crippen molar-refractivity contribution in [1.82, 2.24) is 19.6 Å². The Balaban J connectivity index is 1.21. The number of carbonyl (C=O) groups excluding carboxylic acids is 4. The zero-order chi connectivity index (χ0) is 43.1. The van der Waals surface area contributed by atoms with Gasteiger partial charge in [-0.3, -0.25) is 19.8 Å². The predicted molar refractivity (Wildman–Crippen MR) is 232 cm³/mol. The maximum Gasteiger partial charge on any atom is 0.414 e. The molecule has 1 saturated heterocycles. The minimum absolute atomic E-state index is 0.0111. The molecular formula is C44H41ClN6O8S2. The van der Waals surface area contributed by atoms with E-state index >= 15 is 0 Å². The monoisotopic (exact) mass is 880 g/mol. The highest BCUT2D eigenvalue weighted by Crippen LogP contribution is 2.42. The molecule has 3 amide bonds. The van der Waals surface area contributed by atoms with Crippen molar-refractivity contribution < 1.29 is 38.2 Å². The first-order chi connectivity index (χ1) is 29.4. The number of β-lactam (4-membered cyclic amide) rings is 1. The van der Waals surface area contributed by atoms with Crippen molar-refractivity contribution in [2.45, 2.75) is 50.0 Å². The van der Waals surface area contributed by atoms with Crippen molar-refractivity contribution in [2.24, 2.45) is 5.16 Å². The molecule has 2 aliphatic heterocycles. The van der Waals surface area contributed by atoms with Crippen LogP contribution in [-0.2, 0) is 40.9 Å². The van der Waals surface area contributed by atoms with E-state index in [-0.39, 0.29) is 34.9 Å². The quantitative estimate of drug-likeness (QED) is 0.0288. The van der Waals surface area contributed by atoms with Gasteiger partial charge in [-0.15, -0.1) is 23.4 Å². The molecule has 0 saturated carbocycles. The smallest absolute Gasteiger partial charge is 0.414 e. The lowest BCUT2D eigenvalue weighted by molar-refractivity contribution is -0.153. The Bertz CT molecular complexity index is 2350. The molecule has 14 nitrogen and oxygen atoms in total. The van der Waals surface area contributed by atoms with Gasteiger partial charge in [0.1, 0.15) is 35.1 Å². The largest absolute Gasteiger partial charge is 0.497 e. The number of methoxy groups -OCH3 is 1. The number of esters is 1. The van der Waals surface area contributed by atoms with Crippen molar-refractivity contribution in [3.05, 3.63) is 155 Å². The summed E-state index contributed by atoms with van der Waals surface area (Å²) in [6.07, 6.45) is -0.775. The van der Waals surface area contributed by atoms with Crippen molar-refractivity contribution in [1.29, 1.82) is 0 Å². The van der Waals surface area contributed by atoms with E-state index in [2.05, 4.69) is 25.1 Å². The van der Waals surface area contributed by atoms with Crippen LogP contribution in [0, 0.1) is 0 Å². The molecule has 0 unspecified atom stereocenters. The Morgan fingerprint density at radius 2 is 1.48 bits per heavy atom. The van der Waals surface area contributed by atoms with E-state index in [0.717, 1.165) is 11.5 Å². The lowest BCUT2D eigenvalue weighted by Crippen LogP contribution is -2.71. The topological polar surface area (TPSA) is 171 Å². The minimum atomic E-state index is -1.39. The number of nitrogens with one attached hydrogen (secondary N) is 2. The number of hydrogen-bond donors (Lipinski definition) is 2. The van der Waals surface area contributed by atoms with Crippen molar-refractivity contribution in [2.75, 3.05) is 24.1 Å². The van der Waals surface area contributed by atoms with E-state index in [1.165, 1.54) is 16.7 Å². The average molecular weight is 881 g/mol. The summed E-state index contributed by atoms with van der Waals surface area (Å²) in [5.41, 5.74) is 0.807. The van der Waals surface area contributed by atoms with E-state index in [1.54, 1.807) is 52.1 Å². The first-order valence-corrected chi connectivity index (χ1v) is 21.4. The molecule has 2 atom stereocenters. The first kappa shape index (κ1) is 42.9. The lowest BCUT2D eigenvalue weighted by Gasteiger charge is -2.49. The van der Waals surface area contributed by atoms with Crippen molar-refractivity contribution in [3.8, 4) is 5.75 Å². The number of fused-ring (bicyclic) bond motifs is 1. The third-order valence-electron chi connectivity index (χ3n) is 9.49. The average Bonchev–Trinajstić information content (AvgIpc) is 3.73. The Morgan fingerprint density at radius 3 is 2.02 bits per heavy atom. The van der Waals surface area contributed by atoms with Crippen LogP contribution in [0.4, 0.5) is 9.93 Å². The number of anilines is 1. The van der Waals surface area contributed by atoms with Gasteiger partial charge in [0, 0.05) is 39.9 Å². The molecule has 1 fully saturated rings. The Hall–Kier alpha value is -6.23. The molecule has 0 bridgehead atoms. The highest BCUT2D eigenvalue weighted by Gasteiger charge is 2.55. The predicted octanol–water partition coefficient (Wildman–Crippen LogP) is 7.24. The molecule has 1 aromatic heterocycles. The first-order valence-electron chi connectivity index (χ1n) is 19.0. The van der Waals surface area contributed by atoms with E-state index in [4.69, 9.17) is 30.6 Å². The highest BCUT2D eigenvalue weighted by atomic mass is 35.5. The number of nitrogens with zero attached hydrogens (tertiary/aromatic N) is 4. The van der Waals surface area contributed by atoms with Crippen molar-refractivity contribution >= 4 is 69.6 Å². The van der Waals surface area contributed by atoms with Crippen LogP contribution in [-0.4, -0.2) is 79.6 Å². The number of aromatic nitrogens is 2. The number of carbonyl (C=O) groups is 4. The number of thioether (sulfide) groups is 1. The summed E-state index contributed by atoms with van der Waals surface area (Å²) in [6.45, 7) is 5.11. The number of halogens is 1. The molecule has 17 heteroatoms. The van der Waals surface area contributed by atoms with Crippen LogP contribution in [0.1, 0.15) is 48.8 Å². The second-order valence-electron chi connectivity index (χ2n) is 14.7. The summed E-state index contributed by atoms with van der Waals surface area (Å²) in [5, 5.41) is 9.20. The maximum absolute atomic E-state index is 14.5. The lowest BCUT2D eigenvalue weighted by atomic mass is 9.80. The highest BCUT2D eigenvalue weighted by molar-refractivity contribution is 8.00. The van der Waals surface area contributed by atoms with Gasteiger partial charge in [0.25, 0.3) is 11.8 Å². The maximum atomic E-state index is 14.5. The number of amides is 3. The third-order valence-corrected chi connectivity index (χ3v) is 11.8. The molecule has 314 valence electrons. The molecule has 0 radical (unpaired) electrons. The van der Waals surface area contributed by atoms with Crippen LogP contribution < -0.4 is 15.4 Å². The SMILES string of the molecule is COc1ccc(COC(=O)C2=C(CCl)CS[C@H]3[C@H](NC(=O)C(=NOC(c4ccccc4)(c4ccccc4)c4ccccc4)c4nsc(NC(=O)OC(C)(C)C)n4)C(=O)N23)cc1. The third kappa shape index (κ3) is 9.41. The molecule has 0 spiro atoms. The minimum Gasteiger partial charge on any atom is -0.497 e. The van der Waals surface area contributed by atoms with Crippen LogP contribution in [0.3, 0.4) is 0 Å². The molecule has 0 aliphatic carbocycles.